The van der Waals surface area contributed by atoms with Crippen molar-refractivity contribution in [3.63, 3.8) is 0 Å². The molecular formula is C6H6Br2N2S2. The molecule has 0 fully saturated rings. The van der Waals surface area contributed by atoms with E-state index < -0.39 is 0 Å². The van der Waals surface area contributed by atoms with Gasteiger partial charge in [-0.3, -0.25) is 0 Å². The largest absolute Gasteiger partial charge is 1.00 e. The number of halogens is 2. The molecule has 0 radical (unpaired) electrons. The second-order valence-corrected chi connectivity index (χ2v) is 3.62. The summed E-state index contributed by atoms with van der Waals surface area (Å²) in [4.78, 5) is 6.27. The molecule has 2 aromatic rings. The number of aromatic nitrogens is 2. The van der Waals surface area contributed by atoms with E-state index in [1.54, 1.807) is 22.7 Å². The minimum atomic E-state index is 0. The summed E-state index contributed by atoms with van der Waals surface area (Å²) in [5.41, 5.74) is 0. The molecule has 2 heterocycles. The Morgan fingerprint density at radius 3 is 1.50 bits per heavy atom. The molecule has 6 heteroatoms. The summed E-state index contributed by atoms with van der Waals surface area (Å²) in [7, 11) is 0. The molecule has 0 aliphatic carbocycles. The van der Waals surface area contributed by atoms with E-state index in [4.69, 9.17) is 0 Å². The summed E-state index contributed by atoms with van der Waals surface area (Å²) < 4.78 is 0. The topological polar surface area (TPSA) is 28.3 Å². The molecule has 0 saturated carbocycles. The highest BCUT2D eigenvalue weighted by atomic mass is 79.9. The molecule has 2 N–H and O–H groups in total. The summed E-state index contributed by atoms with van der Waals surface area (Å²) in [5.74, 6) is 0. The Morgan fingerprint density at radius 1 is 0.833 bits per heavy atom. The number of hydrogen-bond donors (Lipinski definition) is 0. The molecule has 0 aromatic carbocycles. The van der Waals surface area contributed by atoms with Crippen LogP contribution in [-0.4, -0.2) is 0 Å². The van der Waals surface area contributed by atoms with Crippen LogP contribution in [0.15, 0.2) is 23.2 Å². The fraction of sp³-hybridized carbons (Fsp3) is 0. The third-order valence-corrected chi connectivity index (χ3v) is 2.93. The maximum absolute atomic E-state index is 3.14. The Balaban J connectivity index is 0.000000605. The first kappa shape index (κ1) is 12.2. The summed E-state index contributed by atoms with van der Waals surface area (Å²) in [5, 5.41) is 6.44. The maximum atomic E-state index is 3.14. The number of nitrogens with one attached hydrogen (secondary N) is 2. The first-order valence-corrected chi connectivity index (χ1v) is 4.63. The van der Waals surface area contributed by atoms with Crippen LogP contribution in [0.4, 0.5) is 0 Å². The van der Waals surface area contributed by atoms with Gasteiger partial charge in [0.2, 0.25) is 0 Å². The van der Waals surface area contributed by atoms with Crippen molar-refractivity contribution in [3.05, 3.63) is 23.2 Å². The van der Waals surface area contributed by atoms with E-state index in [2.05, 4.69) is 9.97 Å². The molecule has 0 bridgehead atoms. The number of hydrogen-bond acceptors (Lipinski definition) is 2. The van der Waals surface area contributed by atoms with Gasteiger partial charge >= 0.3 is 10.0 Å². The zero-order chi connectivity index (χ0) is 6.81. The first-order valence-electron chi connectivity index (χ1n) is 2.87. The normalized spacial score (nSPS) is 8.33. The second-order valence-electron chi connectivity index (χ2n) is 1.79. The Bertz CT molecular complexity index is 261. The Morgan fingerprint density at radius 2 is 1.25 bits per heavy atom. The predicted molar refractivity (Wildman–Crippen MR) is 40.7 cm³/mol. The third kappa shape index (κ3) is 2.62. The Labute approximate surface area is 99.2 Å². The van der Waals surface area contributed by atoms with Crippen molar-refractivity contribution < 1.29 is 43.9 Å². The summed E-state index contributed by atoms with van der Waals surface area (Å²) in [6.07, 6.45) is 3.88. The van der Waals surface area contributed by atoms with Crippen molar-refractivity contribution in [1.82, 2.24) is 0 Å². The van der Waals surface area contributed by atoms with Crippen LogP contribution in [0.25, 0.3) is 10.0 Å². The van der Waals surface area contributed by atoms with Gasteiger partial charge < -0.3 is 34.0 Å². The van der Waals surface area contributed by atoms with Crippen LogP contribution in [-0.2, 0) is 0 Å². The smallest absolute Gasteiger partial charge is 0.344 e. The minimum Gasteiger partial charge on any atom is -1.00 e. The van der Waals surface area contributed by atoms with Gasteiger partial charge in [-0.2, -0.15) is 9.97 Å². The lowest BCUT2D eigenvalue weighted by atomic mass is 10.7. The predicted octanol–water partition coefficient (Wildman–Crippen LogP) is -4.89. The molecular weight excluding hydrogens is 324 g/mol. The van der Waals surface area contributed by atoms with Gasteiger partial charge in [-0.1, -0.05) is 22.7 Å². The quantitative estimate of drug-likeness (QED) is 0.502. The third-order valence-electron chi connectivity index (χ3n) is 1.14. The highest BCUT2D eigenvalue weighted by Gasteiger charge is 2.13. The van der Waals surface area contributed by atoms with Crippen LogP contribution in [0.3, 0.4) is 0 Å². The lowest BCUT2D eigenvalue weighted by Crippen LogP contribution is -3.00. The highest BCUT2D eigenvalue weighted by molar-refractivity contribution is 7.18. The van der Waals surface area contributed by atoms with Crippen LogP contribution < -0.4 is 43.9 Å². The van der Waals surface area contributed by atoms with Gasteiger partial charge in [0, 0.05) is 0 Å². The van der Waals surface area contributed by atoms with Crippen molar-refractivity contribution in [2.24, 2.45) is 0 Å². The molecule has 2 rings (SSSR count). The van der Waals surface area contributed by atoms with Gasteiger partial charge in [0.25, 0.3) is 0 Å². The number of H-pyrrole nitrogens is 2. The van der Waals surface area contributed by atoms with Gasteiger partial charge in [0.1, 0.15) is 0 Å². The van der Waals surface area contributed by atoms with Crippen molar-refractivity contribution >= 4 is 22.7 Å². The highest BCUT2D eigenvalue weighted by Crippen LogP contribution is 2.17. The number of thiazole rings is 2. The summed E-state index contributed by atoms with van der Waals surface area (Å²) in [6, 6.07) is 0. The fourth-order valence-electron chi connectivity index (χ4n) is 0.730. The van der Waals surface area contributed by atoms with Crippen LogP contribution in [0.1, 0.15) is 0 Å². The number of aromatic amines is 2. The minimum absolute atomic E-state index is 0. The van der Waals surface area contributed by atoms with Crippen LogP contribution in [0.2, 0.25) is 0 Å². The fourth-order valence-corrected chi connectivity index (χ4v) is 2.17. The van der Waals surface area contributed by atoms with Gasteiger partial charge in [-0.15, -0.1) is 0 Å². The zero-order valence-corrected chi connectivity index (χ0v) is 10.7. The molecule has 0 amide bonds. The molecule has 2 nitrogen and oxygen atoms in total. The summed E-state index contributed by atoms with van der Waals surface area (Å²) in [6.45, 7) is 0. The Kier molecular flexibility index (Phi) is 5.90. The lowest BCUT2D eigenvalue weighted by molar-refractivity contribution is -0.393. The van der Waals surface area contributed by atoms with E-state index in [0.29, 0.717) is 0 Å². The van der Waals surface area contributed by atoms with E-state index in [0.717, 1.165) is 0 Å². The van der Waals surface area contributed by atoms with E-state index in [-0.39, 0.29) is 34.0 Å². The van der Waals surface area contributed by atoms with E-state index in [1.807, 2.05) is 23.2 Å². The Hall–Kier alpha value is 0.220. The zero-order valence-electron chi connectivity index (χ0n) is 5.88. The average Bonchev–Trinajstić information content (AvgIpc) is 2.59. The van der Waals surface area contributed by atoms with Gasteiger partial charge in [-0.25, -0.2) is 0 Å². The number of rotatable bonds is 1. The SMILES string of the molecule is [Br-].[Br-].c1csc(-c2[nH+]ccs2)[nH+]1. The molecule has 0 saturated heterocycles. The van der Waals surface area contributed by atoms with Gasteiger partial charge in [0.15, 0.2) is 12.4 Å². The monoisotopic (exact) mass is 328 g/mol. The van der Waals surface area contributed by atoms with Crippen molar-refractivity contribution in [2.75, 3.05) is 0 Å². The molecule has 0 spiro atoms. The molecule has 0 unspecified atom stereocenters. The average molecular weight is 330 g/mol. The summed E-state index contributed by atoms with van der Waals surface area (Å²) >= 11 is 3.41. The molecule has 0 atom stereocenters. The first-order chi connectivity index (χ1) is 4.97. The molecule has 2 aromatic heterocycles. The lowest BCUT2D eigenvalue weighted by Gasteiger charge is -1.68. The molecule has 12 heavy (non-hydrogen) atoms. The van der Waals surface area contributed by atoms with Crippen LogP contribution >= 0.6 is 22.7 Å². The maximum Gasteiger partial charge on any atom is 0.344 e. The molecule has 0 aliphatic rings. The standard InChI is InChI=1S/C6H4N2S2.2BrH/c1-3-9-5(7-1)6-8-2-4-10-6;;/h1-4H;2*1H. The van der Waals surface area contributed by atoms with Crippen molar-refractivity contribution in [3.8, 4) is 10.0 Å². The van der Waals surface area contributed by atoms with Crippen molar-refractivity contribution in [1.29, 1.82) is 0 Å². The van der Waals surface area contributed by atoms with Gasteiger partial charge in [-0.05, 0) is 0 Å². The van der Waals surface area contributed by atoms with Crippen molar-refractivity contribution in [2.45, 2.75) is 0 Å². The van der Waals surface area contributed by atoms with E-state index in [1.165, 1.54) is 10.0 Å². The second kappa shape index (κ2) is 5.80. The van der Waals surface area contributed by atoms with Crippen LogP contribution in [0.5, 0.6) is 0 Å². The van der Waals surface area contributed by atoms with E-state index >= 15 is 0 Å². The molecule has 0 aliphatic heterocycles. The molecule has 66 valence electrons. The van der Waals surface area contributed by atoms with Gasteiger partial charge in [0.05, 0.1) is 10.8 Å². The van der Waals surface area contributed by atoms with E-state index in [9.17, 15) is 0 Å². The van der Waals surface area contributed by atoms with Crippen LogP contribution in [0, 0.1) is 0 Å².